The van der Waals surface area contributed by atoms with Gasteiger partial charge in [-0.3, -0.25) is 10.1 Å². The first kappa shape index (κ1) is 17.9. The third-order valence-electron chi connectivity index (χ3n) is 5.81. The molecule has 1 saturated carbocycles. The molecule has 0 atom stereocenters. The topological polar surface area (TPSA) is 64.2 Å². The largest absolute Gasteiger partial charge is 0.343 e. The monoisotopic (exact) mass is 407 g/mol. The molecule has 0 spiro atoms. The molecule has 152 valence electrons. The zero-order valence-corrected chi connectivity index (χ0v) is 16.9. The first-order valence-electron chi connectivity index (χ1n) is 10.5. The highest BCUT2D eigenvalue weighted by Crippen LogP contribution is 2.30. The van der Waals surface area contributed by atoms with E-state index in [0.717, 1.165) is 30.6 Å². The highest BCUT2D eigenvalue weighted by atomic mass is 16.2. The molecule has 1 fully saturated rings. The number of benzene rings is 2. The summed E-state index contributed by atoms with van der Waals surface area (Å²) < 4.78 is 4.06. The van der Waals surface area contributed by atoms with E-state index in [1.807, 2.05) is 24.3 Å². The van der Waals surface area contributed by atoms with Gasteiger partial charge in [0.2, 0.25) is 11.9 Å². The van der Waals surface area contributed by atoms with Gasteiger partial charge in [0, 0.05) is 35.1 Å². The van der Waals surface area contributed by atoms with Gasteiger partial charge in [0.1, 0.15) is 0 Å². The summed E-state index contributed by atoms with van der Waals surface area (Å²) in [4.78, 5) is 16.6. The van der Waals surface area contributed by atoms with Gasteiger partial charge >= 0.3 is 0 Å². The first-order chi connectivity index (χ1) is 15.2. The molecule has 1 amide bonds. The van der Waals surface area contributed by atoms with E-state index in [1.165, 1.54) is 16.5 Å². The molecule has 31 heavy (non-hydrogen) atoms. The summed E-state index contributed by atoms with van der Waals surface area (Å²) >= 11 is 0. The molecular weight excluding hydrogens is 386 g/mol. The van der Waals surface area contributed by atoms with Gasteiger partial charge in [0.15, 0.2) is 5.65 Å². The van der Waals surface area contributed by atoms with E-state index in [-0.39, 0.29) is 11.8 Å². The second kappa shape index (κ2) is 7.09. The number of hydrogen-bond acceptors (Lipinski definition) is 3. The van der Waals surface area contributed by atoms with E-state index in [2.05, 4.69) is 74.7 Å². The second-order valence-electron chi connectivity index (χ2n) is 8.08. The number of nitrogens with one attached hydrogen (secondary N) is 1. The lowest BCUT2D eigenvalue weighted by atomic mass is 10.1. The summed E-state index contributed by atoms with van der Waals surface area (Å²) in [5, 5.41) is 8.57. The van der Waals surface area contributed by atoms with Crippen LogP contribution in [-0.2, 0) is 11.3 Å². The number of carbonyl (C=O) groups excluding carboxylic acids is 1. The van der Waals surface area contributed by atoms with Crippen molar-refractivity contribution in [2.24, 2.45) is 5.92 Å². The molecule has 1 aliphatic rings. The molecular formula is C25H21N5O. The van der Waals surface area contributed by atoms with E-state index in [1.54, 1.807) is 4.52 Å². The van der Waals surface area contributed by atoms with Crippen molar-refractivity contribution in [1.29, 1.82) is 0 Å². The molecule has 3 aromatic heterocycles. The summed E-state index contributed by atoms with van der Waals surface area (Å²) in [6.45, 7) is 0.840. The fraction of sp³-hybridized carbons (Fsp3) is 0.160. The van der Waals surface area contributed by atoms with Crippen LogP contribution in [0.3, 0.4) is 0 Å². The predicted octanol–water partition coefficient (Wildman–Crippen LogP) is 4.75. The summed E-state index contributed by atoms with van der Waals surface area (Å²) in [5.74, 6) is 0.492. The van der Waals surface area contributed by atoms with Crippen LogP contribution in [0.2, 0.25) is 0 Å². The van der Waals surface area contributed by atoms with Crippen molar-refractivity contribution in [3.05, 3.63) is 84.6 Å². The first-order valence-corrected chi connectivity index (χ1v) is 10.5. The second-order valence-corrected chi connectivity index (χ2v) is 8.08. The number of fused-ring (bicyclic) bond motifs is 2. The Balaban J connectivity index is 1.35. The molecule has 0 bridgehead atoms. The van der Waals surface area contributed by atoms with Crippen LogP contribution in [0.5, 0.6) is 0 Å². The number of rotatable bonds is 5. The normalized spacial score (nSPS) is 13.7. The predicted molar refractivity (Wildman–Crippen MR) is 121 cm³/mol. The number of carbonyl (C=O) groups is 1. The summed E-state index contributed by atoms with van der Waals surface area (Å²) in [7, 11) is 0. The molecule has 3 heterocycles. The Labute approximate surface area is 179 Å². The molecule has 0 saturated heterocycles. The average Bonchev–Trinajstić information content (AvgIpc) is 3.46. The van der Waals surface area contributed by atoms with Gasteiger partial charge in [0.05, 0.1) is 5.69 Å². The van der Waals surface area contributed by atoms with Gasteiger partial charge < -0.3 is 4.57 Å². The van der Waals surface area contributed by atoms with E-state index in [0.29, 0.717) is 11.6 Å². The Morgan fingerprint density at radius 3 is 2.71 bits per heavy atom. The summed E-state index contributed by atoms with van der Waals surface area (Å²) in [6, 6.07) is 24.9. The standard InChI is InChI=1S/C25H21N5O/c31-24(18-9-10-18)27-25-26-23-8-4-7-22(30(23)28-25)19-11-12-21-20(15-19)13-14-29(21)16-17-5-2-1-3-6-17/h1-8,11-15,18H,9-10,16H2,(H,27,28,31). The van der Waals surface area contributed by atoms with Crippen LogP contribution in [0, 0.1) is 5.92 Å². The maximum absolute atomic E-state index is 12.1. The lowest BCUT2D eigenvalue weighted by molar-refractivity contribution is -0.117. The Morgan fingerprint density at radius 1 is 1.00 bits per heavy atom. The fourth-order valence-corrected chi connectivity index (χ4v) is 4.01. The van der Waals surface area contributed by atoms with Crippen molar-refractivity contribution in [3.8, 4) is 11.3 Å². The van der Waals surface area contributed by atoms with E-state index in [4.69, 9.17) is 0 Å². The fourth-order valence-electron chi connectivity index (χ4n) is 4.01. The number of nitrogens with zero attached hydrogens (tertiary/aromatic N) is 4. The molecule has 0 aliphatic heterocycles. The molecule has 6 heteroatoms. The van der Waals surface area contributed by atoms with Gasteiger partial charge in [-0.25, -0.2) is 4.52 Å². The molecule has 2 aromatic carbocycles. The molecule has 6 nitrogen and oxygen atoms in total. The van der Waals surface area contributed by atoms with Crippen LogP contribution in [0.25, 0.3) is 27.8 Å². The highest BCUT2D eigenvalue weighted by molar-refractivity contribution is 5.92. The van der Waals surface area contributed by atoms with Gasteiger partial charge in [-0.1, -0.05) is 42.5 Å². The van der Waals surface area contributed by atoms with Crippen LogP contribution in [0.4, 0.5) is 5.95 Å². The van der Waals surface area contributed by atoms with Crippen LogP contribution < -0.4 is 5.32 Å². The van der Waals surface area contributed by atoms with Crippen molar-refractivity contribution in [3.63, 3.8) is 0 Å². The number of hydrogen-bond donors (Lipinski definition) is 1. The highest BCUT2D eigenvalue weighted by Gasteiger charge is 2.30. The molecule has 1 aliphatic carbocycles. The van der Waals surface area contributed by atoms with Gasteiger partial charge in [0.25, 0.3) is 0 Å². The number of aromatic nitrogens is 4. The number of amides is 1. The SMILES string of the molecule is O=C(Nc1nc2cccc(-c3ccc4c(ccn4Cc4ccccc4)c3)n2n1)C1CC1. The minimum atomic E-state index is 0.0126. The van der Waals surface area contributed by atoms with Gasteiger partial charge in [-0.15, -0.1) is 5.10 Å². The molecule has 5 aromatic rings. The van der Waals surface area contributed by atoms with Crippen molar-refractivity contribution in [2.45, 2.75) is 19.4 Å². The van der Waals surface area contributed by atoms with Crippen molar-refractivity contribution >= 4 is 28.4 Å². The Bertz CT molecular complexity index is 1410. The van der Waals surface area contributed by atoms with Crippen LogP contribution >= 0.6 is 0 Å². The van der Waals surface area contributed by atoms with Crippen LogP contribution in [0.1, 0.15) is 18.4 Å². The zero-order chi connectivity index (χ0) is 20.8. The molecule has 6 rings (SSSR count). The Kier molecular flexibility index (Phi) is 4.09. The van der Waals surface area contributed by atoms with E-state index < -0.39 is 0 Å². The quantitative estimate of drug-likeness (QED) is 0.457. The minimum absolute atomic E-state index is 0.0126. The van der Waals surface area contributed by atoms with Gasteiger partial charge in [-0.2, -0.15) is 4.98 Å². The van der Waals surface area contributed by atoms with Crippen LogP contribution in [-0.4, -0.2) is 25.1 Å². The number of pyridine rings is 1. The smallest absolute Gasteiger partial charge is 0.249 e. The van der Waals surface area contributed by atoms with Crippen molar-refractivity contribution < 1.29 is 4.79 Å². The van der Waals surface area contributed by atoms with Crippen molar-refractivity contribution in [1.82, 2.24) is 19.2 Å². The lowest BCUT2D eigenvalue weighted by Crippen LogP contribution is -2.14. The zero-order valence-electron chi connectivity index (χ0n) is 16.9. The molecule has 1 N–H and O–H groups in total. The molecule has 0 radical (unpaired) electrons. The minimum Gasteiger partial charge on any atom is -0.343 e. The Morgan fingerprint density at radius 2 is 1.87 bits per heavy atom. The number of anilines is 1. The third-order valence-corrected chi connectivity index (χ3v) is 5.81. The van der Waals surface area contributed by atoms with Gasteiger partial charge in [-0.05, 0) is 48.7 Å². The summed E-state index contributed by atoms with van der Waals surface area (Å²) in [5.41, 5.74) is 5.17. The lowest BCUT2D eigenvalue weighted by Gasteiger charge is -2.08. The average molecular weight is 407 g/mol. The maximum atomic E-state index is 12.1. The molecule has 0 unspecified atom stereocenters. The third kappa shape index (κ3) is 3.36. The Hall–Kier alpha value is -3.93. The van der Waals surface area contributed by atoms with E-state index in [9.17, 15) is 4.79 Å². The maximum Gasteiger partial charge on any atom is 0.249 e. The van der Waals surface area contributed by atoms with Crippen molar-refractivity contribution in [2.75, 3.05) is 5.32 Å². The summed E-state index contributed by atoms with van der Waals surface area (Å²) in [6.07, 6.45) is 4.03. The van der Waals surface area contributed by atoms with E-state index >= 15 is 0 Å². The van der Waals surface area contributed by atoms with Crippen LogP contribution in [0.15, 0.2) is 79.0 Å².